The number of pyridine rings is 1. The Hall–Kier alpha value is -1.06. The van der Waals surface area contributed by atoms with Gasteiger partial charge < -0.3 is 9.30 Å². The Balaban J connectivity index is 2.67. The second-order valence-electron chi connectivity index (χ2n) is 4.89. The van der Waals surface area contributed by atoms with Crippen LogP contribution in [0.5, 0.6) is 0 Å². The van der Waals surface area contributed by atoms with E-state index in [0.29, 0.717) is 10.9 Å². The third-order valence-electron chi connectivity index (χ3n) is 2.75. The van der Waals surface area contributed by atoms with Crippen LogP contribution in [0.2, 0.25) is 5.02 Å². The molecule has 0 bridgehead atoms. The Morgan fingerprint density at radius 3 is 2.71 bits per heavy atom. The van der Waals surface area contributed by atoms with Gasteiger partial charge in [0.15, 0.2) is 5.65 Å². The molecule has 0 unspecified atom stereocenters. The number of hydrogen-bond acceptors (Lipinski definition) is 2. The van der Waals surface area contributed by atoms with Crippen LogP contribution in [0.3, 0.4) is 0 Å². The summed E-state index contributed by atoms with van der Waals surface area (Å²) >= 11 is 6.19. The third-order valence-corrected chi connectivity index (χ3v) is 3.04. The average Bonchev–Trinajstić information content (AvgIpc) is 2.58. The van der Waals surface area contributed by atoms with Gasteiger partial charge in [-0.15, -0.1) is 0 Å². The SMILES string of the molecule is CC(C)c1nc2c(Cl)cccn2c1CN(C)C. The molecule has 0 aliphatic carbocycles. The van der Waals surface area contributed by atoms with Gasteiger partial charge in [-0.1, -0.05) is 25.4 Å². The van der Waals surface area contributed by atoms with Crippen LogP contribution >= 0.6 is 11.6 Å². The van der Waals surface area contributed by atoms with Crippen molar-refractivity contribution in [1.29, 1.82) is 0 Å². The molecule has 0 fully saturated rings. The van der Waals surface area contributed by atoms with Crippen molar-refractivity contribution in [2.75, 3.05) is 14.1 Å². The van der Waals surface area contributed by atoms with Crippen LogP contribution in [0, 0.1) is 0 Å². The summed E-state index contributed by atoms with van der Waals surface area (Å²) in [4.78, 5) is 6.82. The van der Waals surface area contributed by atoms with Crippen LogP contribution < -0.4 is 0 Å². The Morgan fingerprint density at radius 2 is 2.12 bits per heavy atom. The molecule has 0 aromatic carbocycles. The molecule has 2 rings (SSSR count). The molecule has 0 atom stereocenters. The molecule has 2 heterocycles. The van der Waals surface area contributed by atoms with E-state index in [4.69, 9.17) is 11.6 Å². The number of fused-ring (bicyclic) bond motifs is 1. The fourth-order valence-electron chi connectivity index (χ4n) is 2.02. The molecule has 2 aromatic rings. The van der Waals surface area contributed by atoms with Crippen molar-refractivity contribution < 1.29 is 0 Å². The van der Waals surface area contributed by atoms with Crippen molar-refractivity contribution in [2.24, 2.45) is 0 Å². The van der Waals surface area contributed by atoms with Gasteiger partial charge in [0, 0.05) is 12.7 Å². The summed E-state index contributed by atoms with van der Waals surface area (Å²) in [5.41, 5.74) is 3.21. The number of hydrogen-bond donors (Lipinski definition) is 0. The normalized spacial score (nSPS) is 11.9. The van der Waals surface area contributed by atoms with Gasteiger partial charge >= 0.3 is 0 Å². The molecule has 0 spiro atoms. The largest absolute Gasteiger partial charge is 0.304 e. The quantitative estimate of drug-likeness (QED) is 0.835. The summed E-state index contributed by atoms with van der Waals surface area (Å²) in [5, 5.41) is 0.708. The summed E-state index contributed by atoms with van der Waals surface area (Å²) in [6, 6.07) is 3.84. The summed E-state index contributed by atoms with van der Waals surface area (Å²) in [6.45, 7) is 5.19. The van der Waals surface area contributed by atoms with Crippen molar-refractivity contribution in [3.63, 3.8) is 0 Å². The lowest BCUT2D eigenvalue weighted by molar-refractivity contribution is 0.393. The molecule has 0 saturated heterocycles. The molecular weight excluding hydrogens is 234 g/mol. The van der Waals surface area contributed by atoms with Gasteiger partial charge in [-0.05, 0) is 32.1 Å². The molecule has 4 heteroatoms. The maximum atomic E-state index is 6.19. The number of rotatable bonds is 3. The van der Waals surface area contributed by atoms with Crippen molar-refractivity contribution in [3.05, 3.63) is 34.7 Å². The molecular formula is C13H18ClN3. The van der Waals surface area contributed by atoms with E-state index < -0.39 is 0 Å². The van der Waals surface area contributed by atoms with E-state index in [9.17, 15) is 0 Å². The highest BCUT2D eigenvalue weighted by Crippen LogP contribution is 2.25. The van der Waals surface area contributed by atoms with E-state index >= 15 is 0 Å². The third kappa shape index (κ3) is 2.31. The maximum absolute atomic E-state index is 6.19. The van der Waals surface area contributed by atoms with E-state index in [1.807, 2.05) is 18.3 Å². The van der Waals surface area contributed by atoms with E-state index in [1.165, 1.54) is 5.69 Å². The zero-order valence-corrected chi connectivity index (χ0v) is 11.5. The second kappa shape index (κ2) is 4.67. The Kier molecular flexibility index (Phi) is 3.40. The van der Waals surface area contributed by atoms with E-state index in [2.05, 4.69) is 42.2 Å². The fraction of sp³-hybridized carbons (Fsp3) is 0.462. The fourth-order valence-corrected chi connectivity index (χ4v) is 2.23. The van der Waals surface area contributed by atoms with Crippen LogP contribution in [-0.4, -0.2) is 28.4 Å². The topological polar surface area (TPSA) is 20.5 Å². The second-order valence-corrected chi connectivity index (χ2v) is 5.29. The van der Waals surface area contributed by atoms with Crippen LogP contribution in [0.15, 0.2) is 18.3 Å². The predicted octanol–water partition coefficient (Wildman–Crippen LogP) is 3.17. The lowest BCUT2D eigenvalue weighted by atomic mass is 10.1. The molecule has 17 heavy (non-hydrogen) atoms. The Labute approximate surface area is 107 Å². The molecule has 3 nitrogen and oxygen atoms in total. The summed E-state index contributed by atoms with van der Waals surface area (Å²) in [6.07, 6.45) is 2.03. The zero-order chi connectivity index (χ0) is 12.6. The lowest BCUT2D eigenvalue weighted by Crippen LogP contribution is -2.14. The lowest BCUT2D eigenvalue weighted by Gasteiger charge is -2.12. The summed E-state index contributed by atoms with van der Waals surface area (Å²) in [7, 11) is 4.13. The highest BCUT2D eigenvalue weighted by Gasteiger charge is 2.16. The van der Waals surface area contributed by atoms with Crippen molar-refractivity contribution in [2.45, 2.75) is 26.3 Å². The monoisotopic (exact) mass is 251 g/mol. The highest BCUT2D eigenvalue weighted by molar-refractivity contribution is 6.33. The summed E-state index contributed by atoms with van der Waals surface area (Å²) < 4.78 is 2.09. The molecule has 0 saturated carbocycles. The van der Waals surface area contributed by atoms with Gasteiger partial charge in [0.25, 0.3) is 0 Å². The van der Waals surface area contributed by atoms with Gasteiger partial charge in [0.2, 0.25) is 0 Å². The number of nitrogens with zero attached hydrogens (tertiary/aromatic N) is 3. The first-order valence-electron chi connectivity index (χ1n) is 5.80. The standard InChI is InChI=1S/C13H18ClN3/c1-9(2)12-11(8-16(3)4)17-7-5-6-10(14)13(17)15-12/h5-7,9H,8H2,1-4H3. The van der Waals surface area contributed by atoms with Crippen LogP contribution in [-0.2, 0) is 6.54 Å². The first-order chi connectivity index (χ1) is 8.00. The van der Waals surface area contributed by atoms with Gasteiger partial charge in [0.05, 0.1) is 16.4 Å². The number of imidazole rings is 1. The molecule has 2 aromatic heterocycles. The highest BCUT2D eigenvalue weighted by atomic mass is 35.5. The number of aromatic nitrogens is 2. The Bertz CT molecular complexity index is 529. The Morgan fingerprint density at radius 1 is 1.41 bits per heavy atom. The van der Waals surface area contributed by atoms with Crippen molar-refractivity contribution in [3.8, 4) is 0 Å². The van der Waals surface area contributed by atoms with Gasteiger partial charge in [-0.2, -0.15) is 0 Å². The van der Waals surface area contributed by atoms with Crippen LogP contribution in [0.25, 0.3) is 5.65 Å². The molecule has 0 N–H and O–H groups in total. The average molecular weight is 252 g/mol. The van der Waals surface area contributed by atoms with E-state index in [-0.39, 0.29) is 0 Å². The first-order valence-corrected chi connectivity index (χ1v) is 6.18. The number of halogens is 1. The van der Waals surface area contributed by atoms with E-state index in [1.54, 1.807) is 0 Å². The predicted molar refractivity (Wildman–Crippen MR) is 71.7 cm³/mol. The minimum atomic E-state index is 0.404. The summed E-state index contributed by atoms with van der Waals surface area (Å²) in [5.74, 6) is 0.404. The van der Waals surface area contributed by atoms with Crippen molar-refractivity contribution >= 4 is 17.2 Å². The molecule has 0 aliphatic heterocycles. The molecule has 92 valence electrons. The maximum Gasteiger partial charge on any atom is 0.156 e. The van der Waals surface area contributed by atoms with Gasteiger partial charge in [0.1, 0.15) is 0 Å². The van der Waals surface area contributed by atoms with E-state index in [0.717, 1.165) is 17.9 Å². The molecule has 0 radical (unpaired) electrons. The molecule has 0 aliphatic rings. The van der Waals surface area contributed by atoms with Gasteiger partial charge in [-0.3, -0.25) is 0 Å². The zero-order valence-electron chi connectivity index (χ0n) is 10.7. The van der Waals surface area contributed by atoms with Crippen LogP contribution in [0.4, 0.5) is 0 Å². The minimum absolute atomic E-state index is 0.404. The van der Waals surface area contributed by atoms with Crippen molar-refractivity contribution in [1.82, 2.24) is 14.3 Å². The van der Waals surface area contributed by atoms with Gasteiger partial charge in [-0.25, -0.2) is 4.98 Å². The molecule has 0 amide bonds. The smallest absolute Gasteiger partial charge is 0.156 e. The minimum Gasteiger partial charge on any atom is -0.304 e. The van der Waals surface area contributed by atoms with Crippen LogP contribution in [0.1, 0.15) is 31.2 Å². The first kappa shape index (κ1) is 12.4.